The molecule has 1 amide bonds. The van der Waals surface area contributed by atoms with Gasteiger partial charge in [-0.1, -0.05) is 0 Å². The first-order chi connectivity index (χ1) is 14.5. The van der Waals surface area contributed by atoms with Gasteiger partial charge in [-0.3, -0.25) is 14.0 Å². The van der Waals surface area contributed by atoms with Gasteiger partial charge in [-0.05, 0) is 74.1 Å². The average molecular weight is 401 g/mol. The molecule has 0 radical (unpaired) electrons. The van der Waals surface area contributed by atoms with Gasteiger partial charge in [0.15, 0.2) is 0 Å². The number of carbonyl (C=O) groups excluding carboxylic acids is 1. The van der Waals surface area contributed by atoms with Gasteiger partial charge in [0, 0.05) is 25.1 Å². The third-order valence-electron chi connectivity index (χ3n) is 5.28. The first-order valence-corrected chi connectivity index (χ1v) is 9.98. The molecule has 7 nitrogen and oxygen atoms in total. The fourth-order valence-electron chi connectivity index (χ4n) is 3.42. The lowest BCUT2D eigenvalue weighted by Crippen LogP contribution is -2.26. The summed E-state index contributed by atoms with van der Waals surface area (Å²) in [5.41, 5.74) is 4.68. The van der Waals surface area contributed by atoms with Gasteiger partial charge in [0.1, 0.15) is 12.0 Å². The van der Waals surface area contributed by atoms with Crippen LogP contribution in [0.2, 0.25) is 0 Å². The number of hydrogen-bond acceptors (Lipinski definition) is 5. The van der Waals surface area contributed by atoms with Crippen molar-refractivity contribution >= 4 is 22.5 Å². The lowest BCUT2D eigenvalue weighted by molar-refractivity contribution is 0.0952. The molecule has 0 saturated carbocycles. The standard InChI is InChI=1S/C23H23N5O2/c1-15-9-19-20(10-16(15)2)27-21-7-6-18(13-28(21)23(19)30)22(29)26-8-4-3-5-17-11-24-14-25-12-17/h6-7,9-14H,3-5,8H2,1-2H3,(H,26,29). The summed E-state index contributed by atoms with van der Waals surface area (Å²) in [6, 6.07) is 7.19. The van der Waals surface area contributed by atoms with Crippen LogP contribution in [0.25, 0.3) is 16.6 Å². The number of rotatable bonds is 6. The van der Waals surface area contributed by atoms with E-state index in [1.807, 2.05) is 26.0 Å². The largest absolute Gasteiger partial charge is 0.352 e. The Bertz CT molecular complexity index is 1280. The highest BCUT2D eigenvalue weighted by atomic mass is 16.1. The van der Waals surface area contributed by atoms with Crippen LogP contribution in [0.5, 0.6) is 0 Å². The molecule has 0 aliphatic carbocycles. The summed E-state index contributed by atoms with van der Waals surface area (Å²) in [4.78, 5) is 38.0. The number of unbranched alkanes of at least 4 members (excludes halogenated alkanes) is 1. The molecule has 0 bridgehead atoms. The molecule has 4 aromatic rings. The van der Waals surface area contributed by atoms with E-state index >= 15 is 0 Å². The molecule has 30 heavy (non-hydrogen) atoms. The number of nitrogens with zero attached hydrogens (tertiary/aromatic N) is 4. The second kappa shape index (κ2) is 8.41. The lowest BCUT2D eigenvalue weighted by Gasteiger charge is -2.09. The monoisotopic (exact) mass is 401 g/mol. The molecule has 0 atom stereocenters. The quantitative estimate of drug-likeness (QED) is 0.396. The number of benzene rings is 1. The van der Waals surface area contributed by atoms with Crippen molar-refractivity contribution in [3.63, 3.8) is 0 Å². The van der Waals surface area contributed by atoms with E-state index in [9.17, 15) is 9.59 Å². The van der Waals surface area contributed by atoms with Crippen molar-refractivity contribution < 1.29 is 4.79 Å². The normalized spacial score (nSPS) is 11.1. The van der Waals surface area contributed by atoms with Crippen LogP contribution in [-0.2, 0) is 6.42 Å². The van der Waals surface area contributed by atoms with Crippen molar-refractivity contribution in [2.75, 3.05) is 6.54 Å². The molecular formula is C23H23N5O2. The maximum atomic E-state index is 12.9. The zero-order valence-corrected chi connectivity index (χ0v) is 17.1. The molecule has 4 rings (SSSR count). The van der Waals surface area contributed by atoms with Gasteiger partial charge >= 0.3 is 0 Å². The van der Waals surface area contributed by atoms with E-state index < -0.39 is 0 Å². The smallest absolute Gasteiger partial charge is 0.265 e. The lowest BCUT2D eigenvalue weighted by atomic mass is 10.1. The Hall–Kier alpha value is -3.61. The number of amides is 1. The van der Waals surface area contributed by atoms with Crippen molar-refractivity contribution in [3.8, 4) is 0 Å². The summed E-state index contributed by atoms with van der Waals surface area (Å²) < 4.78 is 1.45. The zero-order chi connectivity index (χ0) is 21.1. The zero-order valence-electron chi connectivity index (χ0n) is 17.1. The number of aromatic nitrogens is 4. The fourth-order valence-corrected chi connectivity index (χ4v) is 3.42. The summed E-state index contributed by atoms with van der Waals surface area (Å²) in [5, 5.41) is 3.47. The Morgan fingerprint density at radius 2 is 1.83 bits per heavy atom. The van der Waals surface area contributed by atoms with E-state index in [2.05, 4.69) is 20.3 Å². The van der Waals surface area contributed by atoms with Crippen molar-refractivity contribution in [2.24, 2.45) is 0 Å². The Balaban J connectivity index is 1.46. The second-order valence-electron chi connectivity index (χ2n) is 7.48. The van der Waals surface area contributed by atoms with Crippen LogP contribution in [0.3, 0.4) is 0 Å². The minimum Gasteiger partial charge on any atom is -0.352 e. The van der Waals surface area contributed by atoms with Crippen LogP contribution >= 0.6 is 0 Å². The van der Waals surface area contributed by atoms with E-state index in [0.717, 1.165) is 36.0 Å². The predicted octanol–water partition coefficient (Wildman–Crippen LogP) is 3.01. The first-order valence-electron chi connectivity index (χ1n) is 9.98. The Labute approximate surface area is 173 Å². The molecule has 1 aromatic carbocycles. The van der Waals surface area contributed by atoms with Crippen LogP contribution in [0.4, 0.5) is 0 Å². The van der Waals surface area contributed by atoms with E-state index in [4.69, 9.17) is 0 Å². The molecule has 0 spiro atoms. The highest BCUT2D eigenvalue weighted by Crippen LogP contribution is 2.16. The Kier molecular flexibility index (Phi) is 5.52. The van der Waals surface area contributed by atoms with Gasteiger partial charge in [-0.25, -0.2) is 15.0 Å². The summed E-state index contributed by atoms with van der Waals surface area (Å²) in [5.74, 6) is -0.202. The molecule has 3 aromatic heterocycles. The fraction of sp³-hybridized carbons (Fsp3) is 0.261. The number of pyridine rings is 1. The summed E-state index contributed by atoms with van der Waals surface area (Å²) in [7, 11) is 0. The number of carbonyl (C=O) groups is 1. The van der Waals surface area contributed by atoms with Crippen LogP contribution in [0, 0.1) is 13.8 Å². The Morgan fingerprint density at radius 1 is 1.07 bits per heavy atom. The molecule has 7 heteroatoms. The van der Waals surface area contributed by atoms with Crippen LogP contribution in [-0.4, -0.2) is 31.8 Å². The van der Waals surface area contributed by atoms with Gasteiger partial charge in [-0.15, -0.1) is 0 Å². The van der Waals surface area contributed by atoms with E-state index in [1.54, 1.807) is 30.7 Å². The molecule has 1 N–H and O–H groups in total. The molecule has 152 valence electrons. The van der Waals surface area contributed by atoms with Gasteiger partial charge < -0.3 is 5.32 Å². The minimum atomic E-state index is -0.202. The number of fused-ring (bicyclic) bond motifs is 2. The number of nitrogens with one attached hydrogen (secondary N) is 1. The number of aryl methyl sites for hydroxylation is 3. The molecule has 0 aliphatic heterocycles. The summed E-state index contributed by atoms with van der Waals surface area (Å²) in [6.07, 6.45) is 9.34. The third-order valence-corrected chi connectivity index (χ3v) is 5.28. The minimum absolute atomic E-state index is 0.169. The van der Waals surface area contributed by atoms with Crippen LogP contribution in [0.1, 0.15) is 39.9 Å². The second-order valence-corrected chi connectivity index (χ2v) is 7.48. The van der Waals surface area contributed by atoms with Crippen molar-refractivity contribution in [2.45, 2.75) is 33.1 Å². The van der Waals surface area contributed by atoms with Crippen molar-refractivity contribution in [1.82, 2.24) is 24.7 Å². The Morgan fingerprint density at radius 3 is 2.63 bits per heavy atom. The molecular weight excluding hydrogens is 378 g/mol. The van der Waals surface area contributed by atoms with Gasteiger partial charge in [0.2, 0.25) is 0 Å². The summed E-state index contributed by atoms with van der Waals surface area (Å²) >= 11 is 0. The molecule has 0 unspecified atom stereocenters. The average Bonchev–Trinajstić information content (AvgIpc) is 2.75. The SMILES string of the molecule is Cc1cc2nc3ccc(C(=O)NCCCCc4cncnc4)cn3c(=O)c2cc1C. The predicted molar refractivity (Wildman–Crippen MR) is 116 cm³/mol. The van der Waals surface area contributed by atoms with Gasteiger partial charge in [0.25, 0.3) is 11.5 Å². The number of hydrogen-bond donors (Lipinski definition) is 1. The van der Waals surface area contributed by atoms with Crippen molar-refractivity contribution in [1.29, 1.82) is 0 Å². The highest BCUT2D eigenvalue weighted by molar-refractivity contribution is 5.94. The van der Waals surface area contributed by atoms with E-state index in [1.165, 1.54) is 10.7 Å². The molecule has 0 aliphatic rings. The maximum Gasteiger partial charge on any atom is 0.265 e. The highest BCUT2D eigenvalue weighted by Gasteiger charge is 2.11. The maximum absolute atomic E-state index is 12.9. The summed E-state index contributed by atoms with van der Waals surface area (Å²) in [6.45, 7) is 4.53. The molecule has 0 saturated heterocycles. The topological polar surface area (TPSA) is 89.2 Å². The van der Waals surface area contributed by atoms with Crippen LogP contribution < -0.4 is 10.9 Å². The van der Waals surface area contributed by atoms with Gasteiger partial charge in [0.05, 0.1) is 16.5 Å². The first kappa shape index (κ1) is 19.7. The molecule has 0 fully saturated rings. The third kappa shape index (κ3) is 4.05. The molecule has 3 heterocycles. The van der Waals surface area contributed by atoms with Gasteiger partial charge in [-0.2, -0.15) is 0 Å². The van der Waals surface area contributed by atoms with E-state index in [-0.39, 0.29) is 11.5 Å². The van der Waals surface area contributed by atoms with Crippen LogP contribution in [0.15, 0.2) is 54.0 Å². The van der Waals surface area contributed by atoms with Crippen molar-refractivity contribution in [3.05, 3.63) is 81.8 Å². The van der Waals surface area contributed by atoms with E-state index in [0.29, 0.717) is 28.7 Å².